The summed E-state index contributed by atoms with van der Waals surface area (Å²) in [5.41, 5.74) is 1.04. The molecule has 0 spiro atoms. The largest absolute Gasteiger partial charge is 0.496 e. The molecule has 1 aromatic carbocycles. The number of benzene rings is 1. The Balaban J connectivity index is 1.74. The van der Waals surface area contributed by atoms with Crippen LogP contribution < -0.4 is 14.8 Å². The Bertz CT molecular complexity index is 619. The van der Waals surface area contributed by atoms with E-state index in [0.717, 1.165) is 36.9 Å². The minimum Gasteiger partial charge on any atom is -0.496 e. The standard InChI is InChI=1S/C18H25ClN2O3/c1-11(22)20-16-10-21(9-14(16)12-4-5-12)8-13-6-15(19)18(24-3)7-17(13)23-2/h6-7,12,14,16H,4-5,8-10H2,1-3H3,(H,20,22)/t14-,16+/m0/s1. The molecule has 1 heterocycles. The fraction of sp³-hybridized carbons (Fsp3) is 0.611. The van der Waals surface area contributed by atoms with Crippen LogP contribution in [0.4, 0.5) is 0 Å². The van der Waals surface area contributed by atoms with Gasteiger partial charge in [0.2, 0.25) is 5.91 Å². The van der Waals surface area contributed by atoms with Crippen molar-refractivity contribution in [2.75, 3.05) is 27.3 Å². The molecular weight excluding hydrogens is 328 g/mol. The number of carbonyl (C=O) groups is 1. The van der Waals surface area contributed by atoms with Crippen molar-refractivity contribution >= 4 is 17.5 Å². The lowest BCUT2D eigenvalue weighted by Gasteiger charge is -2.19. The van der Waals surface area contributed by atoms with Crippen molar-refractivity contribution in [2.24, 2.45) is 11.8 Å². The molecule has 1 aromatic rings. The smallest absolute Gasteiger partial charge is 0.217 e. The molecule has 132 valence electrons. The second kappa shape index (κ2) is 7.19. The van der Waals surface area contributed by atoms with E-state index >= 15 is 0 Å². The maximum absolute atomic E-state index is 11.5. The fourth-order valence-electron chi connectivity index (χ4n) is 3.75. The normalized spacial score (nSPS) is 24.0. The monoisotopic (exact) mass is 352 g/mol. The van der Waals surface area contributed by atoms with Crippen molar-refractivity contribution in [3.8, 4) is 11.5 Å². The molecule has 1 aliphatic heterocycles. The third-order valence-corrected chi connectivity index (χ3v) is 5.30. The molecule has 6 heteroatoms. The molecule has 0 radical (unpaired) electrons. The van der Waals surface area contributed by atoms with Crippen molar-refractivity contribution in [3.05, 3.63) is 22.7 Å². The summed E-state index contributed by atoms with van der Waals surface area (Å²) >= 11 is 6.27. The quantitative estimate of drug-likeness (QED) is 0.855. The molecule has 1 saturated carbocycles. The minimum atomic E-state index is 0.0533. The van der Waals surface area contributed by atoms with Gasteiger partial charge in [-0.3, -0.25) is 9.69 Å². The lowest BCUT2D eigenvalue weighted by atomic mass is 9.98. The van der Waals surface area contributed by atoms with Crippen molar-refractivity contribution in [2.45, 2.75) is 32.4 Å². The summed E-state index contributed by atoms with van der Waals surface area (Å²) in [6.45, 7) is 4.22. The number of nitrogens with zero attached hydrogens (tertiary/aromatic N) is 1. The van der Waals surface area contributed by atoms with Crippen LogP contribution in [0.15, 0.2) is 12.1 Å². The highest BCUT2D eigenvalue weighted by atomic mass is 35.5. The highest BCUT2D eigenvalue weighted by molar-refractivity contribution is 6.32. The summed E-state index contributed by atoms with van der Waals surface area (Å²) in [5.74, 6) is 2.76. The lowest BCUT2D eigenvalue weighted by Crippen LogP contribution is -2.39. The van der Waals surface area contributed by atoms with Gasteiger partial charge < -0.3 is 14.8 Å². The van der Waals surface area contributed by atoms with E-state index in [0.29, 0.717) is 16.7 Å². The van der Waals surface area contributed by atoms with Crippen LogP contribution in [0, 0.1) is 11.8 Å². The second-order valence-corrected chi connectivity index (χ2v) is 7.21. The highest BCUT2D eigenvalue weighted by Gasteiger charge is 2.42. The number of rotatable bonds is 6. The molecule has 1 aliphatic carbocycles. The predicted octanol–water partition coefficient (Wildman–Crippen LogP) is 2.70. The summed E-state index contributed by atoms with van der Waals surface area (Å²) < 4.78 is 10.8. The van der Waals surface area contributed by atoms with Gasteiger partial charge in [-0.15, -0.1) is 0 Å². The van der Waals surface area contributed by atoms with Crippen molar-refractivity contribution in [1.82, 2.24) is 10.2 Å². The van der Waals surface area contributed by atoms with E-state index in [2.05, 4.69) is 10.2 Å². The molecule has 2 fully saturated rings. The number of ether oxygens (including phenoxy) is 2. The van der Waals surface area contributed by atoms with E-state index in [-0.39, 0.29) is 11.9 Å². The van der Waals surface area contributed by atoms with Crippen LogP contribution in [0.5, 0.6) is 11.5 Å². The molecule has 0 unspecified atom stereocenters. The number of hydrogen-bond acceptors (Lipinski definition) is 4. The minimum absolute atomic E-state index is 0.0533. The Hall–Kier alpha value is -1.46. The molecule has 2 aliphatic rings. The van der Waals surface area contributed by atoms with Gasteiger partial charge in [0.1, 0.15) is 11.5 Å². The Labute approximate surface area is 148 Å². The van der Waals surface area contributed by atoms with Crippen LogP contribution in [-0.2, 0) is 11.3 Å². The molecular formula is C18H25ClN2O3. The number of amides is 1. The lowest BCUT2D eigenvalue weighted by molar-refractivity contribution is -0.119. The topological polar surface area (TPSA) is 50.8 Å². The van der Waals surface area contributed by atoms with Crippen LogP contribution in [0.1, 0.15) is 25.3 Å². The Morgan fingerprint density at radius 3 is 2.54 bits per heavy atom. The zero-order valence-corrected chi connectivity index (χ0v) is 15.2. The molecule has 1 amide bonds. The number of hydrogen-bond donors (Lipinski definition) is 1. The molecule has 3 rings (SSSR count). The maximum Gasteiger partial charge on any atom is 0.217 e. The first-order valence-corrected chi connectivity index (χ1v) is 8.79. The summed E-state index contributed by atoms with van der Waals surface area (Å²) in [6, 6.07) is 3.99. The van der Waals surface area contributed by atoms with E-state index < -0.39 is 0 Å². The number of likely N-dealkylation sites (tertiary alicyclic amines) is 1. The molecule has 2 atom stereocenters. The van der Waals surface area contributed by atoms with Crippen LogP contribution >= 0.6 is 11.6 Å². The summed E-state index contributed by atoms with van der Waals surface area (Å²) in [4.78, 5) is 13.9. The van der Waals surface area contributed by atoms with Crippen molar-refractivity contribution in [3.63, 3.8) is 0 Å². The zero-order valence-electron chi connectivity index (χ0n) is 14.5. The Morgan fingerprint density at radius 1 is 1.25 bits per heavy atom. The van der Waals surface area contributed by atoms with Gasteiger partial charge in [-0.2, -0.15) is 0 Å². The van der Waals surface area contributed by atoms with Crippen LogP contribution in [-0.4, -0.2) is 44.2 Å². The van der Waals surface area contributed by atoms with E-state index in [9.17, 15) is 4.79 Å². The first-order valence-electron chi connectivity index (χ1n) is 8.41. The first-order chi connectivity index (χ1) is 11.5. The average molecular weight is 353 g/mol. The number of halogens is 1. The van der Waals surface area contributed by atoms with Gasteiger partial charge in [0.15, 0.2) is 0 Å². The van der Waals surface area contributed by atoms with Gasteiger partial charge in [0.05, 0.1) is 19.2 Å². The number of carbonyl (C=O) groups excluding carboxylic acids is 1. The number of nitrogens with one attached hydrogen (secondary N) is 1. The predicted molar refractivity (Wildman–Crippen MR) is 93.7 cm³/mol. The SMILES string of the molecule is COc1cc(OC)c(CN2C[C@@H](NC(C)=O)[C@H](C3CC3)C2)cc1Cl. The molecule has 0 aromatic heterocycles. The van der Waals surface area contributed by atoms with Crippen LogP contribution in [0.25, 0.3) is 0 Å². The van der Waals surface area contributed by atoms with E-state index in [4.69, 9.17) is 21.1 Å². The van der Waals surface area contributed by atoms with E-state index in [1.54, 1.807) is 21.1 Å². The van der Waals surface area contributed by atoms with Gasteiger partial charge >= 0.3 is 0 Å². The zero-order chi connectivity index (χ0) is 17.3. The average Bonchev–Trinajstić information content (AvgIpc) is 3.30. The summed E-state index contributed by atoms with van der Waals surface area (Å²) in [7, 11) is 3.25. The third-order valence-electron chi connectivity index (χ3n) is 5.01. The summed E-state index contributed by atoms with van der Waals surface area (Å²) in [5, 5.41) is 3.72. The summed E-state index contributed by atoms with van der Waals surface area (Å²) in [6.07, 6.45) is 2.57. The Morgan fingerprint density at radius 2 is 1.96 bits per heavy atom. The van der Waals surface area contributed by atoms with Crippen LogP contribution in [0.3, 0.4) is 0 Å². The fourth-order valence-corrected chi connectivity index (χ4v) is 4.01. The van der Waals surface area contributed by atoms with Crippen LogP contribution in [0.2, 0.25) is 5.02 Å². The van der Waals surface area contributed by atoms with Gasteiger partial charge in [-0.25, -0.2) is 0 Å². The van der Waals surface area contributed by atoms with Gasteiger partial charge in [-0.05, 0) is 30.7 Å². The van der Waals surface area contributed by atoms with Crippen molar-refractivity contribution < 1.29 is 14.3 Å². The third kappa shape index (κ3) is 3.78. The molecule has 1 N–H and O–H groups in total. The first kappa shape index (κ1) is 17.4. The maximum atomic E-state index is 11.5. The van der Waals surface area contributed by atoms with Gasteiger partial charge in [0.25, 0.3) is 0 Å². The van der Waals surface area contributed by atoms with Gasteiger partial charge in [0, 0.05) is 44.2 Å². The number of methoxy groups -OCH3 is 2. The van der Waals surface area contributed by atoms with E-state index in [1.807, 2.05) is 12.1 Å². The molecule has 0 bridgehead atoms. The molecule has 24 heavy (non-hydrogen) atoms. The van der Waals surface area contributed by atoms with Gasteiger partial charge in [-0.1, -0.05) is 11.6 Å². The Kier molecular flexibility index (Phi) is 5.21. The van der Waals surface area contributed by atoms with Crippen molar-refractivity contribution in [1.29, 1.82) is 0 Å². The molecule has 5 nitrogen and oxygen atoms in total. The van der Waals surface area contributed by atoms with E-state index in [1.165, 1.54) is 12.8 Å². The highest BCUT2D eigenvalue weighted by Crippen LogP contribution is 2.42. The second-order valence-electron chi connectivity index (χ2n) is 6.80. The molecule has 1 saturated heterocycles.